The molecule has 1 aliphatic rings. The topological polar surface area (TPSA) is 34.1 Å². The van der Waals surface area contributed by atoms with Crippen LogP contribution in [0.5, 0.6) is 0 Å². The van der Waals surface area contributed by atoms with Gasteiger partial charge in [0.25, 0.3) is 0 Å². The molecule has 1 N–H and O–H groups in total. The van der Waals surface area contributed by atoms with Crippen molar-refractivity contribution in [1.82, 2.24) is 4.98 Å². The Balaban J connectivity index is 1.90. The summed E-state index contributed by atoms with van der Waals surface area (Å²) in [6.07, 6.45) is 3.10. The van der Waals surface area contributed by atoms with Gasteiger partial charge in [0.1, 0.15) is 10.9 Å². The van der Waals surface area contributed by atoms with Crippen molar-refractivity contribution in [2.45, 2.75) is 6.42 Å². The van der Waals surface area contributed by atoms with Gasteiger partial charge in [-0.1, -0.05) is 11.6 Å². The number of aromatic nitrogens is 1. The van der Waals surface area contributed by atoms with Crippen LogP contribution in [0.15, 0.2) is 27.8 Å². The van der Waals surface area contributed by atoms with Crippen LogP contribution < -0.4 is 5.32 Å². The van der Waals surface area contributed by atoms with E-state index >= 15 is 0 Å². The van der Waals surface area contributed by atoms with Crippen molar-refractivity contribution in [3.8, 4) is 0 Å². The van der Waals surface area contributed by atoms with Crippen molar-refractivity contribution in [3.63, 3.8) is 0 Å². The third-order valence-electron chi connectivity index (χ3n) is 2.68. The van der Waals surface area contributed by atoms with Gasteiger partial charge in [0.2, 0.25) is 0 Å². The first kappa shape index (κ1) is 12.3. The van der Waals surface area contributed by atoms with E-state index in [0.717, 1.165) is 39.2 Å². The van der Waals surface area contributed by atoms with E-state index in [1.807, 2.05) is 11.4 Å². The summed E-state index contributed by atoms with van der Waals surface area (Å²) >= 11 is 11.2. The van der Waals surface area contributed by atoms with E-state index in [1.54, 1.807) is 11.3 Å². The van der Waals surface area contributed by atoms with Crippen molar-refractivity contribution in [2.24, 2.45) is 0 Å². The molecule has 0 saturated heterocycles. The van der Waals surface area contributed by atoms with Crippen LogP contribution in [0.2, 0.25) is 5.15 Å². The van der Waals surface area contributed by atoms with Crippen LogP contribution in [0.3, 0.4) is 0 Å². The Bertz CT molecular complexity index is 626. The standard InChI is InChI=1S/C12H10BrClN2OS/c13-8-6-18-12-9(4-10(14)16-11(8)12)15-5-7-2-1-3-17-7/h2,4,6H,1,3,5H2,(H,15,16). The minimum Gasteiger partial charge on any atom is -0.496 e. The number of halogens is 2. The molecule has 0 atom stereocenters. The van der Waals surface area contributed by atoms with Gasteiger partial charge in [-0.2, -0.15) is 0 Å². The monoisotopic (exact) mass is 344 g/mol. The number of ether oxygens (including phenoxy) is 1. The molecular formula is C12H10BrClN2OS. The third-order valence-corrected chi connectivity index (χ3v) is 4.78. The van der Waals surface area contributed by atoms with Crippen LogP contribution in [0.25, 0.3) is 10.2 Å². The lowest BCUT2D eigenvalue weighted by molar-refractivity contribution is 0.244. The molecular weight excluding hydrogens is 336 g/mol. The molecule has 0 spiro atoms. The van der Waals surface area contributed by atoms with Crippen LogP contribution in [-0.2, 0) is 4.74 Å². The van der Waals surface area contributed by atoms with Crippen LogP contribution in [-0.4, -0.2) is 18.1 Å². The Labute approximate surface area is 122 Å². The molecule has 2 aromatic heterocycles. The van der Waals surface area contributed by atoms with Crippen LogP contribution in [0, 0.1) is 0 Å². The van der Waals surface area contributed by atoms with Crippen molar-refractivity contribution in [3.05, 3.63) is 32.9 Å². The molecule has 0 saturated carbocycles. The molecule has 94 valence electrons. The van der Waals surface area contributed by atoms with E-state index in [0.29, 0.717) is 11.7 Å². The molecule has 1 aliphatic heterocycles. The first-order valence-corrected chi connectivity index (χ1v) is 7.58. The molecule has 18 heavy (non-hydrogen) atoms. The summed E-state index contributed by atoms with van der Waals surface area (Å²) in [5, 5.41) is 5.87. The zero-order valence-electron chi connectivity index (χ0n) is 9.37. The fourth-order valence-electron chi connectivity index (χ4n) is 1.86. The van der Waals surface area contributed by atoms with Gasteiger partial charge in [0.05, 0.1) is 33.5 Å². The molecule has 0 amide bonds. The van der Waals surface area contributed by atoms with Gasteiger partial charge in [-0.25, -0.2) is 4.98 Å². The fourth-order valence-corrected chi connectivity index (χ4v) is 3.61. The Morgan fingerprint density at radius 1 is 1.56 bits per heavy atom. The van der Waals surface area contributed by atoms with Gasteiger partial charge in [-0.05, 0) is 22.0 Å². The van der Waals surface area contributed by atoms with E-state index < -0.39 is 0 Å². The predicted octanol–water partition coefficient (Wildman–Crippen LogP) is 4.43. The Kier molecular flexibility index (Phi) is 3.46. The smallest absolute Gasteiger partial charge is 0.131 e. The van der Waals surface area contributed by atoms with Crippen LogP contribution in [0.1, 0.15) is 6.42 Å². The second kappa shape index (κ2) is 5.07. The van der Waals surface area contributed by atoms with E-state index in [2.05, 4.69) is 32.3 Å². The summed E-state index contributed by atoms with van der Waals surface area (Å²) in [6.45, 7) is 1.47. The summed E-state index contributed by atoms with van der Waals surface area (Å²) in [5.74, 6) is 0.992. The number of anilines is 1. The van der Waals surface area contributed by atoms with Gasteiger partial charge in [0, 0.05) is 17.9 Å². The number of fused-ring (bicyclic) bond motifs is 1. The fraction of sp³-hybridized carbons (Fsp3) is 0.250. The average Bonchev–Trinajstić information content (AvgIpc) is 2.97. The number of hydrogen-bond acceptors (Lipinski definition) is 4. The van der Waals surface area contributed by atoms with E-state index in [1.165, 1.54) is 0 Å². The van der Waals surface area contributed by atoms with E-state index in [9.17, 15) is 0 Å². The Morgan fingerprint density at radius 2 is 2.44 bits per heavy atom. The average molecular weight is 346 g/mol. The Hall–Kier alpha value is -0.780. The summed E-state index contributed by atoms with van der Waals surface area (Å²) in [4.78, 5) is 4.32. The lowest BCUT2D eigenvalue weighted by Gasteiger charge is -2.09. The van der Waals surface area contributed by atoms with Gasteiger partial charge in [-0.3, -0.25) is 0 Å². The quantitative estimate of drug-likeness (QED) is 0.836. The maximum absolute atomic E-state index is 6.03. The molecule has 0 radical (unpaired) electrons. The highest BCUT2D eigenvalue weighted by Gasteiger charge is 2.11. The molecule has 2 aromatic rings. The third kappa shape index (κ3) is 2.35. The van der Waals surface area contributed by atoms with Gasteiger partial charge in [-0.15, -0.1) is 11.3 Å². The van der Waals surface area contributed by atoms with Crippen LogP contribution >= 0.6 is 38.9 Å². The lowest BCUT2D eigenvalue weighted by atomic mass is 10.3. The minimum atomic E-state index is 0.491. The number of pyridine rings is 1. The Morgan fingerprint density at radius 3 is 3.22 bits per heavy atom. The highest BCUT2D eigenvalue weighted by atomic mass is 79.9. The summed E-state index contributed by atoms with van der Waals surface area (Å²) in [5.41, 5.74) is 1.90. The highest BCUT2D eigenvalue weighted by molar-refractivity contribution is 9.10. The van der Waals surface area contributed by atoms with Crippen molar-refractivity contribution in [1.29, 1.82) is 0 Å². The predicted molar refractivity (Wildman–Crippen MR) is 79.5 cm³/mol. The van der Waals surface area contributed by atoms with Gasteiger partial charge >= 0.3 is 0 Å². The van der Waals surface area contributed by atoms with E-state index in [4.69, 9.17) is 16.3 Å². The van der Waals surface area contributed by atoms with Crippen LogP contribution in [0.4, 0.5) is 5.69 Å². The maximum atomic E-state index is 6.03. The molecule has 3 rings (SSSR count). The number of rotatable bonds is 3. The number of nitrogens with zero attached hydrogens (tertiary/aromatic N) is 1. The molecule has 3 nitrogen and oxygen atoms in total. The zero-order valence-corrected chi connectivity index (χ0v) is 12.5. The highest BCUT2D eigenvalue weighted by Crippen LogP contribution is 2.35. The molecule has 0 aromatic carbocycles. The second-order valence-corrected chi connectivity index (χ2v) is 6.04. The molecule has 0 aliphatic carbocycles. The van der Waals surface area contributed by atoms with Crippen molar-refractivity contribution in [2.75, 3.05) is 18.5 Å². The van der Waals surface area contributed by atoms with E-state index in [-0.39, 0.29) is 0 Å². The largest absolute Gasteiger partial charge is 0.496 e. The molecule has 0 unspecified atom stereocenters. The maximum Gasteiger partial charge on any atom is 0.131 e. The normalized spacial score (nSPS) is 14.7. The van der Waals surface area contributed by atoms with Gasteiger partial charge in [0.15, 0.2) is 0 Å². The van der Waals surface area contributed by atoms with Crippen molar-refractivity contribution >= 4 is 54.8 Å². The summed E-state index contributed by atoms with van der Waals surface area (Å²) < 4.78 is 7.54. The molecule has 0 fully saturated rings. The molecule has 0 bridgehead atoms. The summed E-state index contributed by atoms with van der Waals surface area (Å²) in [6, 6.07) is 1.85. The SMILES string of the molecule is Clc1cc(NCC2=CCCO2)c2scc(Br)c2n1. The number of hydrogen-bond donors (Lipinski definition) is 1. The first-order chi connectivity index (χ1) is 8.74. The number of thiophene rings is 1. The molecule has 6 heteroatoms. The first-order valence-electron chi connectivity index (χ1n) is 5.53. The number of nitrogens with one attached hydrogen (secondary N) is 1. The molecule has 3 heterocycles. The second-order valence-electron chi connectivity index (χ2n) is 3.92. The minimum absolute atomic E-state index is 0.491. The van der Waals surface area contributed by atoms with Crippen molar-refractivity contribution < 1.29 is 4.74 Å². The zero-order chi connectivity index (χ0) is 12.5. The summed E-state index contributed by atoms with van der Waals surface area (Å²) in [7, 11) is 0. The van der Waals surface area contributed by atoms with Gasteiger partial charge < -0.3 is 10.1 Å². The lowest BCUT2D eigenvalue weighted by Crippen LogP contribution is -2.05.